The molecule has 0 bridgehead atoms. The molecule has 0 spiro atoms. The van der Waals surface area contributed by atoms with Gasteiger partial charge in [-0.3, -0.25) is 0 Å². The summed E-state index contributed by atoms with van der Waals surface area (Å²) in [4.78, 5) is 0. The third-order valence-electron chi connectivity index (χ3n) is 3.40. The van der Waals surface area contributed by atoms with Crippen LogP contribution in [0, 0.1) is 5.92 Å². The van der Waals surface area contributed by atoms with E-state index >= 15 is 0 Å². The lowest BCUT2D eigenvalue weighted by molar-refractivity contribution is 0.0971. The van der Waals surface area contributed by atoms with Crippen molar-refractivity contribution in [2.75, 3.05) is 6.54 Å². The first kappa shape index (κ1) is 14.3. The zero-order valence-electron chi connectivity index (χ0n) is 9.96. The summed E-state index contributed by atoms with van der Waals surface area (Å²) < 4.78 is 5.97. The topological polar surface area (TPSA) is 35.2 Å². The Hall–Kier alpha value is -0.150. The van der Waals surface area contributed by atoms with Crippen LogP contribution < -0.4 is 10.5 Å². The van der Waals surface area contributed by atoms with Crippen LogP contribution in [0.1, 0.15) is 25.7 Å². The zero-order chi connectivity index (χ0) is 13.1. The van der Waals surface area contributed by atoms with Crippen molar-refractivity contribution in [2.24, 2.45) is 11.7 Å². The highest BCUT2D eigenvalue weighted by Gasteiger charge is 2.26. The van der Waals surface area contributed by atoms with Crippen LogP contribution in [0.4, 0.5) is 0 Å². The van der Waals surface area contributed by atoms with Gasteiger partial charge in [-0.2, -0.15) is 0 Å². The van der Waals surface area contributed by atoms with Gasteiger partial charge < -0.3 is 10.5 Å². The molecule has 2 nitrogen and oxygen atoms in total. The maximum absolute atomic E-state index is 6.11. The lowest BCUT2D eigenvalue weighted by Gasteiger charge is -2.31. The van der Waals surface area contributed by atoms with E-state index in [1.54, 1.807) is 12.1 Å². The van der Waals surface area contributed by atoms with Gasteiger partial charge in [0.1, 0.15) is 11.9 Å². The summed E-state index contributed by atoms with van der Waals surface area (Å²) in [6.07, 6.45) is 4.63. The van der Waals surface area contributed by atoms with Crippen molar-refractivity contribution in [3.63, 3.8) is 0 Å². The monoisotopic (exact) mass is 307 g/mol. The molecule has 0 aromatic heterocycles. The first-order chi connectivity index (χ1) is 8.61. The van der Waals surface area contributed by atoms with Crippen LogP contribution in [0.2, 0.25) is 15.1 Å². The van der Waals surface area contributed by atoms with Crippen molar-refractivity contribution in [1.29, 1.82) is 0 Å². The number of nitrogens with two attached hydrogens (primary N) is 1. The molecule has 5 heteroatoms. The Bertz CT molecular complexity index is 425. The molecule has 2 N–H and O–H groups in total. The van der Waals surface area contributed by atoms with Crippen LogP contribution in [0.5, 0.6) is 5.75 Å². The minimum Gasteiger partial charge on any atom is -0.488 e. The molecule has 1 fully saturated rings. The van der Waals surface area contributed by atoms with E-state index in [-0.39, 0.29) is 6.10 Å². The Morgan fingerprint density at radius 1 is 1.06 bits per heavy atom. The van der Waals surface area contributed by atoms with E-state index in [0.29, 0.717) is 33.3 Å². The zero-order valence-corrected chi connectivity index (χ0v) is 12.2. The van der Waals surface area contributed by atoms with E-state index in [4.69, 9.17) is 45.3 Å². The quantitative estimate of drug-likeness (QED) is 0.832. The summed E-state index contributed by atoms with van der Waals surface area (Å²) in [5.41, 5.74) is 5.78. The Labute approximate surface area is 122 Å². The van der Waals surface area contributed by atoms with Crippen molar-refractivity contribution >= 4 is 34.8 Å². The predicted molar refractivity (Wildman–Crippen MR) is 76.9 cm³/mol. The van der Waals surface area contributed by atoms with E-state index in [2.05, 4.69) is 0 Å². The van der Waals surface area contributed by atoms with Gasteiger partial charge in [0.2, 0.25) is 0 Å². The standard InChI is InChI=1S/C13H16Cl3NO/c14-9-5-11(16)13(6-10(9)15)18-12-4-2-1-3-8(12)7-17/h5-6,8,12H,1-4,7,17H2. The summed E-state index contributed by atoms with van der Waals surface area (Å²) in [5.74, 6) is 0.987. The van der Waals surface area contributed by atoms with Gasteiger partial charge in [0.05, 0.1) is 15.1 Å². The Kier molecular flexibility index (Phi) is 5.02. The molecule has 1 saturated carbocycles. The molecule has 100 valence electrons. The fraction of sp³-hybridized carbons (Fsp3) is 0.538. The van der Waals surface area contributed by atoms with Gasteiger partial charge in [-0.05, 0) is 31.9 Å². The minimum atomic E-state index is 0.124. The third kappa shape index (κ3) is 3.24. The van der Waals surface area contributed by atoms with Gasteiger partial charge in [0, 0.05) is 12.0 Å². The van der Waals surface area contributed by atoms with Gasteiger partial charge >= 0.3 is 0 Å². The average molecular weight is 309 g/mol. The second-order valence-electron chi connectivity index (χ2n) is 4.63. The van der Waals surface area contributed by atoms with Gasteiger partial charge in [0.15, 0.2) is 0 Å². The summed E-state index contributed by atoms with van der Waals surface area (Å²) in [6, 6.07) is 3.29. The summed E-state index contributed by atoms with van der Waals surface area (Å²) in [6.45, 7) is 0.642. The molecule has 1 aromatic carbocycles. The summed E-state index contributed by atoms with van der Waals surface area (Å²) >= 11 is 18.0. The Morgan fingerprint density at radius 3 is 2.44 bits per heavy atom. The number of hydrogen-bond acceptors (Lipinski definition) is 2. The fourth-order valence-corrected chi connectivity index (χ4v) is 2.94. The number of halogens is 3. The van der Waals surface area contributed by atoms with Crippen LogP contribution in [0.15, 0.2) is 12.1 Å². The molecular formula is C13H16Cl3NO. The van der Waals surface area contributed by atoms with Gasteiger partial charge in [-0.1, -0.05) is 41.2 Å². The molecule has 0 radical (unpaired) electrons. The van der Waals surface area contributed by atoms with Crippen molar-refractivity contribution in [3.8, 4) is 5.75 Å². The lowest BCUT2D eigenvalue weighted by Crippen LogP contribution is -2.35. The summed E-state index contributed by atoms with van der Waals surface area (Å²) in [5, 5.41) is 1.38. The SMILES string of the molecule is NCC1CCCCC1Oc1cc(Cl)c(Cl)cc1Cl. The fourth-order valence-electron chi connectivity index (χ4n) is 2.36. The highest BCUT2D eigenvalue weighted by Crippen LogP contribution is 2.36. The van der Waals surface area contributed by atoms with Crippen LogP contribution in [0.3, 0.4) is 0 Å². The van der Waals surface area contributed by atoms with Crippen LogP contribution >= 0.6 is 34.8 Å². The van der Waals surface area contributed by atoms with Crippen LogP contribution in [-0.4, -0.2) is 12.6 Å². The largest absolute Gasteiger partial charge is 0.488 e. The Balaban J connectivity index is 2.15. The van der Waals surface area contributed by atoms with Crippen LogP contribution in [-0.2, 0) is 0 Å². The first-order valence-corrected chi connectivity index (χ1v) is 7.26. The molecule has 2 atom stereocenters. The van der Waals surface area contributed by atoms with Crippen molar-refractivity contribution in [2.45, 2.75) is 31.8 Å². The van der Waals surface area contributed by atoms with E-state index < -0.39 is 0 Å². The summed E-state index contributed by atoms with van der Waals surface area (Å²) in [7, 11) is 0. The van der Waals surface area contributed by atoms with E-state index in [1.807, 2.05) is 0 Å². The molecule has 2 rings (SSSR count). The minimum absolute atomic E-state index is 0.124. The highest BCUT2D eigenvalue weighted by atomic mass is 35.5. The molecule has 18 heavy (non-hydrogen) atoms. The van der Waals surface area contributed by atoms with E-state index in [9.17, 15) is 0 Å². The van der Waals surface area contributed by atoms with Crippen molar-refractivity contribution < 1.29 is 4.74 Å². The normalized spacial score (nSPS) is 24.0. The van der Waals surface area contributed by atoms with Gasteiger partial charge in [0.25, 0.3) is 0 Å². The van der Waals surface area contributed by atoms with E-state index in [1.165, 1.54) is 12.8 Å². The second kappa shape index (κ2) is 6.33. The Morgan fingerprint density at radius 2 is 1.72 bits per heavy atom. The molecule has 0 amide bonds. The third-order valence-corrected chi connectivity index (χ3v) is 4.41. The molecule has 0 aliphatic heterocycles. The van der Waals surface area contributed by atoms with Crippen molar-refractivity contribution in [3.05, 3.63) is 27.2 Å². The molecule has 1 aromatic rings. The average Bonchev–Trinajstić information content (AvgIpc) is 2.36. The highest BCUT2D eigenvalue weighted by molar-refractivity contribution is 6.43. The number of rotatable bonds is 3. The lowest BCUT2D eigenvalue weighted by atomic mass is 9.86. The second-order valence-corrected chi connectivity index (χ2v) is 5.85. The van der Waals surface area contributed by atoms with Gasteiger partial charge in [-0.15, -0.1) is 0 Å². The number of ether oxygens (including phenoxy) is 1. The predicted octanol–water partition coefficient (Wildman–Crippen LogP) is 4.54. The van der Waals surface area contributed by atoms with Crippen LogP contribution in [0.25, 0.3) is 0 Å². The van der Waals surface area contributed by atoms with E-state index in [0.717, 1.165) is 12.8 Å². The molecule has 0 heterocycles. The first-order valence-electron chi connectivity index (χ1n) is 6.13. The number of benzene rings is 1. The van der Waals surface area contributed by atoms with Gasteiger partial charge in [-0.25, -0.2) is 0 Å². The molecule has 1 aliphatic carbocycles. The molecule has 0 saturated heterocycles. The maximum atomic E-state index is 6.11. The number of hydrogen-bond donors (Lipinski definition) is 1. The molecule has 2 unspecified atom stereocenters. The smallest absolute Gasteiger partial charge is 0.139 e. The molecular weight excluding hydrogens is 293 g/mol. The maximum Gasteiger partial charge on any atom is 0.139 e. The molecule has 1 aliphatic rings. The van der Waals surface area contributed by atoms with Crippen molar-refractivity contribution in [1.82, 2.24) is 0 Å².